The summed E-state index contributed by atoms with van der Waals surface area (Å²) < 4.78 is 0. The first-order valence-corrected chi connectivity index (χ1v) is 5.99. The van der Waals surface area contributed by atoms with Gasteiger partial charge in [0.05, 0.1) is 11.2 Å². The molecular weight excluding hydrogens is 196 g/mol. The fourth-order valence-electron chi connectivity index (χ4n) is 2.34. The number of nitrogens with zero attached hydrogens (tertiary/aromatic N) is 1. The minimum Gasteiger partial charge on any atom is -0.386 e. The van der Waals surface area contributed by atoms with Crippen LogP contribution in [0.15, 0.2) is 10.9 Å². The summed E-state index contributed by atoms with van der Waals surface area (Å²) in [5, 5.41) is 12.1. The van der Waals surface area contributed by atoms with Gasteiger partial charge in [0.15, 0.2) is 0 Å². The lowest BCUT2D eigenvalue weighted by molar-refractivity contribution is 0.0304. The normalized spacial score (nSPS) is 22.4. The van der Waals surface area contributed by atoms with Crippen molar-refractivity contribution in [3.05, 3.63) is 16.6 Å². The van der Waals surface area contributed by atoms with Gasteiger partial charge in [0.25, 0.3) is 0 Å². The monoisotopic (exact) mass is 212 g/mol. The predicted molar refractivity (Wildman–Crippen MR) is 57.0 cm³/mol. The van der Waals surface area contributed by atoms with Crippen LogP contribution in [0.25, 0.3) is 0 Å². The van der Waals surface area contributed by atoms with Crippen LogP contribution in [-0.2, 0) is 0 Å². The topological polar surface area (TPSA) is 59.1 Å². The van der Waals surface area contributed by atoms with Crippen molar-refractivity contribution < 1.29 is 5.11 Å². The van der Waals surface area contributed by atoms with E-state index in [1.54, 1.807) is 5.51 Å². The molecule has 0 saturated heterocycles. The van der Waals surface area contributed by atoms with Gasteiger partial charge in [0.1, 0.15) is 6.10 Å². The number of aromatic nitrogens is 1. The molecule has 0 bridgehead atoms. The molecule has 1 aliphatic rings. The second-order valence-corrected chi connectivity index (χ2v) is 4.81. The molecule has 2 rings (SSSR count). The van der Waals surface area contributed by atoms with E-state index in [-0.39, 0.29) is 5.41 Å². The molecule has 1 aromatic rings. The van der Waals surface area contributed by atoms with Crippen molar-refractivity contribution in [2.75, 3.05) is 6.54 Å². The van der Waals surface area contributed by atoms with E-state index in [1.165, 1.54) is 24.2 Å². The minimum absolute atomic E-state index is 0.103. The van der Waals surface area contributed by atoms with Crippen molar-refractivity contribution in [3.8, 4) is 0 Å². The molecule has 4 heteroatoms. The number of thiazole rings is 1. The maximum atomic E-state index is 10.2. The minimum atomic E-state index is -0.471. The fourth-order valence-corrected chi connectivity index (χ4v) is 2.91. The lowest BCUT2D eigenvalue weighted by atomic mass is 9.79. The number of hydrogen-bond donors (Lipinski definition) is 2. The lowest BCUT2D eigenvalue weighted by Crippen LogP contribution is -2.34. The largest absolute Gasteiger partial charge is 0.386 e. The zero-order chi connectivity index (χ0) is 10.0. The van der Waals surface area contributed by atoms with Gasteiger partial charge in [-0.1, -0.05) is 12.8 Å². The van der Waals surface area contributed by atoms with E-state index in [9.17, 15) is 5.11 Å². The molecule has 1 heterocycles. The van der Waals surface area contributed by atoms with Crippen molar-refractivity contribution >= 4 is 11.3 Å². The summed E-state index contributed by atoms with van der Waals surface area (Å²) in [6.07, 6.45) is 3.95. The smallest absolute Gasteiger partial charge is 0.104 e. The Kier molecular flexibility index (Phi) is 2.85. The Labute approximate surface area is 88.0 Å². The summed E-state index contributed by atoms with van der Waals surface area (Å²) in [6, 6.07) is 0. The van der Waals surface area contributed by atoms with Crippen molar-refractivity contribution in [3.63, 3.8) is 0 Å². The molecule has 1 atom stereocenters. The van der Waals surface area contributed by atoms with E-state index in [0.717, 1.165) is 18.5 Å². The zero-order valence-corrected chi connectivity index (χ0v) is 8.96. The molecule has 0 spiro atoms. The maximum absolute atomic E-state index is 10.2. The molecule has 1 fully saturated rings. The second kappa shape index (κ2) is 3.96. The van der Waals surface area contributed by atoms with Gasteiger partial charge < -0.3 is 10.8 Å². The third-order valence-corrected chi connectivity index (χ3v) is 3.92. The number of aliphatic hydroxyl groups is 1. The third-order valence-electron chi connectivity index (χ3n) is 3.32. The molecule has 1 saturated carbocycles. The Balaban J connectivity index is 2.19. The Morgan fingerprint density at radius 3 is 2.79 bits per heavy atom. The summed E-state index contributed by atoms with van der Waals surface area (Å²) >= 11 is 1.52. The molecule has 0 amide bonds. The summed E-state index contributed by atoms with van der Waals surface area (Å²) in [5.41, 5.74) is 8.24. The van der Waals surface area contributed by atoms with Crippen molar-refractivity contribution in [2.24, 2.45) is 11.1 Å². The molecule has 3 N–H and O–H groups in total. The maximum Gasteiger partial charge on any atom is 0.104 e. The highest BCUT2D eigenvalue weighted by atomic mass is 32.1. The van der Waals surface area contributed by atoms with Crippen LogP contribution < -0.4 is 5.73 Å². The number of nitrogens with two attached hydrogens (primary N) is 1. The highest BCUT2D eigenvalue weighted by molar-refractivity contribution is 7.07. The SMILES string of the molecule is NCC1(C(O)c2cscn2)CCCC1. The Bertz CT molecular complexity index is 280. The molecule has 0 aliphatic heterocycles. The summed E-state index contributed by atoms with van der Waals surface area (Å²) in [6.45, 7) is 0.561. The van der Waals surface area contributed by atoms with Gasteiger partial charge in [-0.3, -0.25) is 0 Å². The average molecular weight is 212 g/mol. The first-order valence-electron chi connectivity index (χ1n) is 5.05. The predicted octanol–water partition coefficient (Wildman–Crippen LogP) is 1.70. The summed E-state index contributed by atoms with van der Waals surface area (Å²) in [4.78, 5) is 4.17. The van der Waals surface area contributed by atoms with Crippen LogP contribution >= 0.6 is 11.3 Å². The van der Waals surface area contributed by atoms with Crippen LogP contribution in [0.1, 0.15) is 37.5 Å². The van der Waals surface area contributed by atoms with Crippen LogP contribution in [0.5, 0.6) is 0 Å². The van der Waals surface area contributed by atoms with Gasteiger partial charge >= 0.3 is 0 Å². The second-order valence-electron chi connectivity index (χ2n) is 4.09. The first-order chi connectivity index (χ1) is 6.78. The number of rotatable bonds is 3. The molecule has 0 aromatic carbocycles. The van der Waals surface area contributed by atoms with Gasteiger partial charge in [0, 0.05) is 17.3 Å². The quantitative estimate of drug-likeness (QED) is 0.801. The van der Waals surface area contributed by atoms with E-state index < -0.39 is 6.10 Å². The summed E-state index contributed by atoms with van der Waals surface area (Å²) in [5.74, 6) is 0. The van der Waals surface area contributed by atoms with Crippen LogP contribution in [-0.4, -0.2) is 16.6 Å². The molecular formula is C10H16N2OS. The Hall–Kier alpha value is -0.450. The zero-order valence-electron chi connectivity index (χ0n) is 8.15. The molecule has 1 unspecified atom stereocenters. The van der Waals surface area contributed by atoms with Crippen LogP contribution in [0.4, 0.5) is 0 Å². The summed E-state index contributed by atoms with van der Waals surface area (Å²) in [7, 11) is 0. The first kappa shape index (κ1) is 10.1. The molecule has 0 radical (unpaired) electrons. The third kappa shape index (κ3) is 1.58. The van der Waals surface area contributed by atoms with Crippen LogP contribution in [0, 0.1) is 5.41 Å². The van der Waals surface area contributed by atoms with Gasteiger partial charge in [-0.2, -0.15) is 0 Å². The van der Waals surface area contributed by atoms with Crippen LogP contribution in [0.3, 0.4) is 0 Å². The lowest BCUT2D eigenvalue weighted by Gasteiger charge is -2.31. The average Bonchev–Trinajstić information content (AvgIpc) is 2.89. The van der Waals surface area contributed by atoms with Gasteiger partial charge in [0.2, 0.25) is 0 Å². The molecule has 78 valence electrons. The van der Waals surface area contributed by atoms with E-state index in [2.05, 4.69) is 4.98 Å². The van der Waals surface area contributed by atoms with Gasteiger partial charge in [-0.15, -0.1) is 11.3 Å². The van der Waals surface area contributed by atoms with Crippen LogP contribution in [0.2, 0.25) is 0 Å². The molecule has 3 nitrogen and oxygen atoms in total. The highest BCUT2D eigenvalue weighted by Gasteiger charge is 2.40. The molecule has 14 heavy (non-hydrogen) atoms. The van der Waals surface area contributed by atoms with E-state index in [4.69, 9.17) is 5.73 Å². The van der Waals surface area contributed by atoms with Crippen molar-refractivity contribution in [1.82, 2.24) is 4.98 Å². The standard InChI is InChI=1S/C10H16N2OS/c11-6-10(3-1-2-4-10)9(13)8-5-14-7-12-8/h5,7,9,13H,1-4,6,11H2. The molecule has 1 aromatic heterocycles. The van der Waals surface area contributed by atoms with Crippen molar-refractivity contribution in [1.29, 1.82) is 0 Å². The fraction of sp³-hybridized carbons (Fsp3) is 0.700. The number of hydrogen-bond acceptors (Lipinski definition) is 4. The Morgan fingerprint density at radius 1 is 1.57 bits per heavy atom. The van der Waals surface area contributed by atoms with E-state index >= 15 is 0 Å². The number of aliphatic hydroxyl groups excluding tert-OH is 1. The Morgan fingerprint density at radius 2 is 2.29 bits per heavy atom. The van der Waals surface area contributed by atoms with E-state index in [0.29, 0.717) is 6.54 Å². The van der Waals surface area contributed by atoms with Gasteiger partial charge in [-0.05, 0) is 12.8 Å². The molecule has 1 aliphatic carbocycles. The van der Waals surface area contributed by atoms with Gasteiger partial charge in [-0.25, -0.2) is 4.98 Å². The van der Waals surface area contributed by atoms with Crippen molar-refractivity contribution in [2.45, 2.75) is 31.8 Å². The highest BCUT2D eigenvalue weighted by Crippen LogP contribution is 2.46. The van der Waals surface area contributed by atoms with E-state index in [1.807, 2.05) is 5.38 Å².